The Bertz CT molecular complexity index is 1830. The molecule has 0 unspecified atom stereocenters. The number of hydrogen-bond acceptors (Lipinski definition) is 8. The highest BCUT2D eigenvalue weighted by Crippen LogP contribution is 2.40. The highest BCUT2D eigenvalue weighted by atomic mass is 35.5. The van der Waals surface area contributed by atoms with Crippen LogP contribution < -0.4 is 10.7 Å². The van der Waals surface area contributed by atoms with Crippen molar-refractivity contribution in [3.05, 3.63) is 75.2 Å². The molecular formula is C23H16ClN5O4S2. The zero-order chi connectivity index (χ0) is 25.1. The number of primary sulfonamides is 1. The summed E-state index contributed by atoms with van der Waals surface area (Å²) in [4.78, 5) is 31.1. The molecule has 176 valence electrons. The Morgan fingerprint density at radius 3 is 2.34 bits per heavy atom. The smallest absolute Gasteiger partial charge is 0.292 e. The van der Waals surface area contributed by atoms with Gasteiger partial charge >= 0.3 is 0 Å². The molecule has 5 aromatic rings. The van der Waals surface area contributed by atoms with E-state index < -0.39 is 15.6 Å². The average molecular weight is 526 g/mol. The predicted octanol–water partition coefficient (Wildman–Crippen LogP) is 3.87. The number of fused-ring (bicyclic) bond motifs is 3. The highest BCUT2D eigenvalue weighted by Gasteiger charge is 2.24. The van der Waals surface area contributed by atoms with E-state index in [2.05, 4.69) is 15.3 Å². The first kappa shape index (κ1) is 23.2. The van der Waals surface area contributed by atoms with Crippen molar-refractivity contribution in [2.24, 2.45) is 5.14 Å². The molecule has 9 nitrogen and oxygen atoms in total. The standard InChI is InChI=1S/C23H16ClN5O4S2/c1-11-17(12(2)30)18(13-3-5-14(24)6-4-13)19-20-21(34-22(19)26-11)23(31)29(28-27-20)15-7-9-16(10-8-15)35(25,32)33/h3-10H,1-2H3,(H2,25,32,33). The lowest BCUT2D eigenvalue weighted by Gasteiger charge is -2.12. The lowest BCUT2D eigenvalue weighted by Crippen LogP contribution is -2.22. The van der Waals surface area contributed by atoms with Crippen LogP contribution in [0, 0.1) is 6.92 Å². The first-order valence-corrected chi connectivity index (χ1v) is 12.9. The molecule has 0 aliphatic rings. The molecule has 2 N–H and O–H groups in total. The van der Waals surface area contributed by atoms with Gasteiger partial charge in [0.1, 0.15) is 15.0 Å². The van der Waals surface area contributed by atoms with Crippen LogP contribution >= 0.6 is 22.9 Å². The minimum atomic E-state index is -3.88. The molecule has 3 aromatic heterocycles. The summed E-state index contributed by atoms with van der Waals surface area (Å²) in [5.74, 6) is -0.169. The summed E-state index contributed by atoms with van der Waals surface area (Å²) in [6.07, 6.45) is 0. The van der Waals surface area contributed by atoms with Crippen LogP contribution in [0.5, 0.6) is 0 Å². The topological polar surface area (TPSA) is 138 Å². The van der Waals surface area contributed by atoms with Crippen molar-refractivity contribution in [3.8, 4) is 16.8 Å². The third-order valence-electron chi connectivity index (χ3n) is 5.51. The van der Waals surface area contributed by atoms with Crippen molar-refractivity contribution < 1.29 is 13.2 Å². The number of rotatable bonds is 4. The van der Waals surface area contributed by atoms with E-state index in [4.69, 9.17) is 16.7 Å². The number of ketones is 1. The second-order valence-corrected chi connectivity index (χ2v) is 10.8. The second-order valence-electron chi connectivity index (χ2n) is 7.82. The molecule has 0 aliphatic carbocycles. The van der Waals surface area contributed by atoms with E-state index in [1.54, 1.807) is 31.2 Å². The Hall–Kier alpha value is -3.51. The van der Waals surface area contributed by atoms with Gasteiger partial charge < -0.3 is 0 Å². The first-order chi connectivity index (χ1) is 16.6. The zero-order valence-electron chi connectivity index (χ0n) is 18.3. The van der Waals surface area contributed by atoms with Crippen LogP contribution in [0.15, 0.2) is 58.2 Å². The minimum Gasteiger partial charge on any atom is -0.294 e. The molecule has 0 amide bonds. The molecule has 0 aliphatic heterocycles. The Kier molecular flexibility index (Phi) is 5.52. The van der Waals surface area contributed by atoms with Gasteiger partial charge in [-0.05, 0) is 55.8 Å². The lowest BCUT2D eigenvalue weighted by molar-refractivity contribution is 0.101. The summed E-state index contributed by atoms with van der Waals surface area (Å²) in [6, 6.07) is 12.5. The number of pyridine rings is 1. The van der Waals surface area contributed by atoms with Gasteiger partial charge in [-0.1, -0.05) is 28.9 Å². The number of carbonyl (C=O) groups excluding carboxylic acids is 1. The zero-order valence-corrected chi connectivity index (χ0v) is 20.7. The number of thiophene rings is 1. The van der Waals surface area contributed by atoms with Crippen molar-refractivity contribution in [3.63, 3.8) is 0 Å². The van der Waals surface area contributed by atoms with E-state index in [1.165, 1.54) is 31.2 Å². The summed E-state index contributed by atoms with van der Waals surface area (Å²) in [7, 11) is -3.88. The summed E-state index contributed by atoms with van der Waals surface area (Å²) >= 11 is 7.22. The molecule has 3 heterocycles. The molecule has 35 heavy (non-hydrogen) atoms. The fraction of sp³-hybridized carbons (Fsp3) is 0.0870. The van der Waals surface area contributed by atoms with Crippen molar-refractivity contribution in [1.29, 1.82) is 0 Å². The molecule has 0 bridgehead atoms. The van der Waals surface area contributed by atoms with Crippen molar-refractivity contribution in [2.45, 2.75) is 18.7 Å². The summed E-state index contributed by atoms with van der Waals surface area (Å²) in [6.45, 7) is 3.21. The monoisotopic (exact) mass is 525 g/mol. The summed E-state index contributed by atoms with van der Waals surface area (Å²) in [5, 5.41) is 14.7. The summed E-state index contributed by atoms with van der Waals surface area (Å²) in [5.41, 5.74) is 2.52. The number of sulfonamides is 1. The predicted molar refractivity (Wildman–Crippen MR) is 135 cm³/mol. The fourth-order valence-electron chi connectivity index (χ4n) is 3.98. The Balaban J connectivity index is 1.81. The van der Waals surface area contributed by atoms with E-state index in [0.29, 0.717) is 48.0 Å². The SMILES string of the molecule is CC(=O)c1c(C)nc2sc3c(=O)n(-c4ccc(S(N)(=O)=O)cc4)nnc3c2c1-c1ccc(Cl)cc1. The Morgan fingerprint density at radius 1 is 1.09 bits per heavy atom. The molecule has 0 saturated heterocycles. The molecule has 12 heteroatoms. The minimum absolute atomic E-state index is 0.0887. The first-order valence-electron chi connectivity index (χ1n) is 10.2. The third kappa shape index (κ3) is 3.92. The Morgan fingerprint density at radius 2 is 1.74 bits per heavy atom. The van der Waals surface area contributed by atoms with Crippen LogP contribution in [0.1, 0.15) is 23.0 Å². The maximum Gasteiger partial charge on any atom is 0.292 e. The molecular weight excluding hydrogens is 510 g/mol. The Labute approximate surface area is 207 Å². The van der Waals surface area contributed by atoms with Gasteiger partial charge in [0.05, 0.1) is 16.3 Å². The number of halogens is 1. The van der Waals surface area contributed by atoms with Crippen LogP contribution in [-0.2, 0) is 10.0 Å². The molecule has 0 atom stereocenters. The fourth-order valence-corrected chi connectivity index (χ4v) is 5.71. The van der Waals surface area contributed by atoms with Crippen molar-refractivity contribution in [1.82, 2.24) is 20.0 Å². The maximum absolute atomic E-state index is 13.4. The number of Topliss-reactive ketones (excluding diaryl/α,β-unsaturated/α-hetero) is 1. The normalized spacial score (nSPS) is 11.9. The van der Waals surface area contributed by atoms with E-state index in [-0.39, 0.29) is 10.7 Å². The van der Waals surface area contributed by atoms with Crippen LogP contribution in [0.3, 0.4) is 0 Å². The third-order valence-corrected chi connectivity index (χ3v) is 7.75. The van der Waals surface area contributed by atoms with Crippen molar-refractivity contribution >= 4 is 59.2 Å². The van der Waals surface area contributed by atoms with E-state index in [0.717, 1.165) is 21.6 Å². The van der Waals surface area contributed by atoms with Gasteiger partial charge in [-0.3, -0.25) is 9.59 Å². The van der Waals surface area contributed by atoms with Crippen LogP contribution in [0.2, 0.25) is 5.02 Å². The van der Waals surface area contributed by atoms with Gasteiger partial charge in [-0.2, -0.15) is 4.68 Å². The quantitative estimate of drug-likeness (QED) is 0.351. The molecule has 0 fully saturated rings. The van der Waals surface area contributed by atoms with Crippen LogP contribution in [0.4, 0.5) is 0 Å². The van der Waals surface area contributed by atoms with Gasteiger partial charge in [-0.25, -0.2) is 18.5 Å². The molecule has 5 rings (SSSR count). The van der Waals surface area contributed by atoms with Gasteiger partial charge in [0.25, 0.3) is 5.56 Å². The van der Waals surface area contributed by atoms with Gasteiger partial charge in [0.15, 0.2) is 5.78 Å². The highest BCUT2D eigenvalue weighted by molar-refractivity contribution is 7.89. The van der Waals surface area contributed by atoms with E-state index >= 15 is 0 Å². The number of aryl methyl sites for hydroxylation is 1. The van der Waals surface area contributed by atoms with Crippen molar-refractivity contribution in [2.75, 3.05) is 0 Å². The number of hydrogen-bond donors (Lipinski definition) is 1. The average Bonchev–Trinajstić information content (AvgIpc) is 3.17. The van der Waals surface area contributed by atoms with Gasteiger partial charge in [-0.15, -0.1) is 16.4 Å². The molecule has 0 radical (unpaired) electrons. The van der Waals surface area contributed by atoms with Gasteiger partial charge in [0, 0.05) is 21.5 Å². The lowest BCUT2D eigenvalue weighted by atomic mass is 9.94. The van der Waals surface area contributed by atoms with E-state index in [1.807, 2.05) is 0 Å². The molecule has 0 saturated carbocycles. The van der Waals surface area contributed by atoms with Crippen LogP contribution in [-0.4, -0.2) is 34.2 Å². The number of nitrogens with zero attached hydrogens (tertiary/aromatic N) is 4. The number of aromatic nitrogens is 4. The largest absolute Gasteiger partial charge is 0.294 e. The molecule has 2 aromatic carbocycles. The number of nitrogens with two attached hydrogens (primary N) is 1. The summed E-state index contributed by atoms with van der Waals surface area (Å²) < 4.78 is 24.4. The van der Waals surface area contributed by atoms with Gasteiger partial charge in [0.2, 0.25) is 10.0 Å². The number of carbonyl (C=O) groups is 1. The number of benzene rings is 2. The second kappa shape index (κ2) is 8.31. The maximum atomic E-state index is 13.4. The van der Waals surface area contributed by atoms with E-state index in [9.17, 15) is 18.0 Å². The van der Waals surface area contributed by atoms with Crippen LogP contribution in [0.25, 0.3) is 37.2 Å². The molecule has 0 spiro atoms.